The molecule has 0 bridgehead atoms. The fourth-order valence-electron chi connectivity index (χ4n) is 2.46. The van der Waals surface area contributed by atoms with E-state index < -0.39 is 5.97 Å². The molecule has 2 nitrogen and oxygen atoms in total. The molecule has 0 atom stereocenters. The molecule has 0 heterocycles. The van der Waals surface area contributed by atoms with Gasteiger partial charge in [-0.1, -0.05) is 47.1 Å². The lowest BCUT2D eigenvalue weighted by atomic mass is 10.0. The second-order valence-electron chi connectivity index (χ2n) is 6.67. The summed E-state index contributed by atoms with van der Waals surface area (Å²) in [5, 5.41) is 9.02. The van der Waals surface area contributed by atoms with Crippen LogP contribution in [0.1, 0.15) is 69.3 Å². The molecule has 0 spiro atoms. The highest BCUT2D eigenvalue weighted by Gasteiger charge is 2.02. The summed E-state index contributed by atoms with van der Waals surface area (Å²) < 4.78 is 0. The molecule has 0 saturated heterocycles. The maximum absolute atomic E-state index is 11.0. The van der Waals surface area contributed by atoms with E-state index in [0.717, 1.165) is 37.7 Å². The van der Waals surface area contributed by atoms with Gasteiger partial charge < -0.3 is 5.11 Å². The van der Waals surface area contributed by atoms with Crippen molar-refractivity contribution in [1.29, 1.82) is 0 Å². The molecule has 2 heteroatoms. The fourth-order valence-corrected chi connectivity index (χ4v) is 2.46. The summed E-state index contributed by atoms with van der Waals surface area (Å²) in [7, 11) is 0. The summed E-state index contributed by atoms with van der Waals surface area (Å²) >= 11 is 0. The third kappa shape index (κ3) is 8.52. The number of carbonyl (C=O) groups is 1. The minimum atomic E-state index is -0.869. The van der Waals surface area contributed by atoms with E-state index in [0.29, 0.717) is 5.56 Å². The number of carboxylic acid groups (broad SMARTS) is 1. The van der Waals surface area contributed by atoms with Gasteiger partial charge in [-0.15, -0.1) is 0 Å². The molecular formula is C22H30O2. The Balaban J connectivity index is 2.43. The van der Waals surface area contributed by atoms with Crippen molar-refractivity contribution in [2.75, 3.05) is 0 Å². The Morgan fingerprint density at radius 3 is 2.21 bits per heavy atom. The van der Waals surface area contributed by atoms with Crippen LogP contribution in [-0.2, 0) is 6.42 Å². The third-order valence-corrected chi connectivity index (χ3v) is 3.98. The standard InChI is InChI=1S/C22H30O2/c1-17(2)8-5-9-18(3)10-6-11-19(4)14-15-20-12-7-13-21(16-20)22(23)24/h7-8,10,12-14,16H,5-6,9,11,15H2,1-4H3,(H,23,24)/b18-10+,19-14+. The molecule has 1 aromatic carbocycles. The Morgan fingerprint density at radius 1 is 0.958 bits per heavy atom. The molecule has 0 radical (unpaired) electrons. The van der Waals surface area contributed by atoms with Crippen molar-refractivity contribution < 1.29 is 9.90 Å². The number of benzene rings is 1. The maximum atomic E-state index is 11.0. The smallest absolute Gasteiger partial charge is 0.335 e. The van der Waals surface area contributed by atoms with Gasteiger partial charge in [-0.3, -0.25) is 0 Å². The Hall–Kier alpha value is -2.09. The minimum Gasteiger partial charge on any atom is -0.478 e. The average Bonchev–Trinajstić information content (AvgIpc) is 2.53. The lowest BCUT2D eigenvalue weighted by Crippen LogP contribution is -1.96. The Morgan fingerprint density at radius 2 is 1.58 bits per heavy atom. The van der Waals surface area contributed by atoms with Crippen LogP contribution in [0.4, 0.5) is 0 Å². The number of rotatable bonds is 9. The van der Waals surface area contributed by atoms with Gasteiger partial charge in [0.05, 0.1) is 5.56 Å². The van der Waals surface area contributed by atoms with Crippen molar-refractivity contribution >= 4 is 5.97 Å². The monoisotopic (exact) mass is 326 g/mol. The van der Waals surface area contributed by atoms with Crippen molar-refractivity contribution in [1.82, 2.24) is 0 Å². The van der Waals surface area contributed by atoms with Crippen molar-refractivity contribution in [2.45, 2.75) is 59.8 Å². The molecule has 130 valence electrons. The van der Waals surface area contributed by atoms with E-state index in [1.165, 1.54) is 16.7 Å². The summed E-state index contributed by atoms with van der Waals surface area (Å²) in [5.74, 6) is -0.869. The van der Waals surface area contributed by atoms with Gasteiger partial charge in [-0.2, -0.15) is 0 Å². The van der Waals surface area contributed by atoms with Gasteiger partial charge in [-0.05, 0) is 77.5 Å². The number of hydrogen-bond donors (Lipinski definition) is 1. The van der Waals surface area contributed by atoms with E-state index in [9.17, 15) is 4.79 Å². The largest absolute Gasteiger partial charge is 0.478 e. The molecule has 0 fully saturated rings. The van der Waals surface area contributed by atoms with Crippen molar-refractivity contribution in [3.63, 3.8) is 0 Å². The van der Waals surface area contributed by atoms with E-state index in [4.69, 9.17) is 5.11 Å². The van der Waals surface area contributed by atoms with Gasteiger partial charge in [0.1, 0.15) is 0 Å². The quantitative estimate of drug-likeness (QED) is 0.537. The first kappa shape index (κ1) is 20.0. The van der Waals surface area contributed by atoms with E-state index in [1.54, 1.807) is 18.2 Å². The zero-order valence-corrected chi connectivity index (χ0v) is 15.4. The molecule has 0 aliphatic heterocycles. The molecule has 0 amide bonds. The van der Waals surface area contributed by atoms with Gasteiger partial charge in [0.2, 0.25) is 0 Å². The number of carboxylic acids is 1. The number of aromatic carboxylic acids is 1. The summed E-state index contributed by atoms with van der Waals surface area (Å²) in [6, 6.07) is 7.16. The van der Waals surface area contributed by atoms with E-state index in [2.05, 4.69) is 45.9 Å². The fraction of sp³-hybridized carbons (Fsp3) is 0.409. The van der Waals surface area contributed by atoms with E-state index in [-0.39, 0.29) is 0 Å². The molecule has 1 aromatic rings. The zero-order chi connectivity index (χ0) is 17.9. The first-order valence-electron chi connectivity index (χ1n) is 8.65. The molecular weight excluding hydrogens is 296 g/mol. The molecule has 0 saturated carbocycles. The van der Waals surface area contributed by atoms with Gasteiger partial charge in [0.15, 0.2) is 0 Å². The van der Waals surface area contributed by atoms with Crippen LogP contribution in [0.2, 0.25) is 0 Å². The number of hydrogen-bond acceptors (Lipinski definition) is 1. The Kier molecular flexibility index (Phi) is 8.85. The third-order valence-electron chi connectivity index (χ3n) is 3.98. The Labute approximate surface area is 146 Å². The van der Waals surface area contributed by atoms with Crippen LogP contribution in [0.25, 0.3) is 0 Å². The maximum Gasteiger partial charge on any atom is 0.335 e. The molecule has 0 aliphatic carbocycles. The predicted octanol–water partition coefficient (Wildman–Crippen LogP) is 6.35. The molecule has 1 rings (SSSR count). The minimum absolute atomic E-state index is 0.355. The summed E-state index contributed by atoms with van der Waals surface area (Å²) in [5.41, 5.74) is 5.59. The zero-order valence-electron chi connectivity index (χ0n) is 15.4. The second kappa shape index (κ2) is 10.6. The normalized spacial score (nSPS) is 12.2. The molecule has 1 N–H and O–H groups in total. The topological polar surface area (TPSA) is 37.3 Å². The molecule has 0 aliphatic rings. The summed E-state index contributed by atoms with van der Waals surface area (Å²) in [6.45, 7) is 8.63. The summed E-state index contributed by atoms with van der Waals surface area (Å²) in [4.78, 5) is 11.0. The van der Waals surface area contributed by atoms with Gasteiger partial charge in [-0.25, -0.2) is 4.79 Å². The SMILES string of the molecule is CC(C)=CCC/C(C)=C/CC/C(C)=C/Cc1cccc(C(=O)O)c1. The van der Waals surface area contributed by atoms with Crippen molar-refractivity contribution in [3.8, 4) is 0 Å². The lowest BCUT2D eigenvalue weighted by molar-refractivity contribution is 0.0697. The van der Waals surface area contributed by atoms with Crippen molar-refractivity contribution in [2.24, 2.45) is 0 Å². The highest BCUT2D eigenvalue weighted by molar-refractivity contribution is 5.87. The lowest BCUT2D eigenvalue weighted by Gasteiger charge is -2.03. The first-order chi connectivity index (χ1) is 11.4. The Bertz CT molecular complexity index is 629. The van der Waals surface area contributed by atoms with E-state index >= 15 is 0 Å². The van der Waals surface area contributed by atoms with Crippen LogP contribution in [-0.4, -0.2) is 11.1 Å². The van der Waals surface area contributed by atoms with Gasteiger partial charge in [0, 0.05) is 0 Å². The second-order valence-corrected chi connectivity index (χ2v) is 6.67. The van der Waals surface area contributed by atoms with Gasteiger partial charge >= 0.3 is 5.97 Å². The predicted molar refractivity (Wildman–Crippen MR) is 103 cm³/mol. The van der Waals surface area contributed by atoms with Crippen molar-refractivity contribution in [3.05, 3.63) is 70.3 Å². The van der Waals surface area contributed by atoms with Crippen LogP contribution < -0.4 is 0 Å². The average molecular weight is 326 g/mol. The molecule has 0 unspecified atom stereocenters. The van der Waals surface area contributed by atoms with Crippen LogP contribution in [0.5, 0.6) is 0 Å². The van der Waals surface area contributed by atoms with Gasteiger partial charge in [0.25, 0.3) is 0 Å². The summed E-state index contributed by atoms with van der Waals surface area (Å²) in [6.07, 6.45) is 12.0. The molecule has 24 heavy (non-hydrogen) atoms. The highest BCUT2D eigenvalue weighted by Crippen LogP contribution is 2.13. The van der Waals surface area contributed by atoms with Crippen LogP contribution in [0.15, 0.2) is 59.2 Å². The van der Waals surface area contributed by atoms with Crippen LogP contribution in [0.3, 0.4) is 0 Å². The van der Waals surface area contributed by atoms with Crippen LogP contribution >= 0.6 is 0 Å². The number of allylic oxidation sites excluding steroid dienone is 6. The van der Waals surface area contributed by atoms with Crippen LogP contribution in [0, 0.1) is 0 Å². The van der Waals surface area contributed by atoms with E-state index in [1.807, 2.05) is 6.07 Å². The highest BCUT2D eigenvalue weighted by atomic mass is 16.4. The molecule has 0 aromatic heterocycles. The first-order valence-corrected chi connectivity index (χ1v) is 8.65.